The van der Waals surface area contributed by atoms with Crippen LogP contribution in [0.3, 0.4) is 0 Å². The van der Waals surface area contributed by atoms with Crippen molar-refractivity contribution in [1.29, 1.82) is 0 Å². The molecule has 0 radical (unpaired) electrons. The number of rotatable bonds is 8. The minimum absolute atomic E-state index is 0.154. The fourth-order valence-electron chi connectivity index (χ4n) is 1.96. The van der Waals surface area contributed by atoms with E-state index in [1.807, 2.05) is 0 Å². The Bertz CT molecular complexity index is 915. The van der Waals surface area contributed by atoms with Gasteiger partial charge in [-0.05, 0) is 46.7 Å². The highest BCUT2D eigenvalue weighted by molar-refractivity contribution is 9.10. The number of carbonyl (C=O) groups is 3. The first kappa shape index (κ1) is 22.4. The van der Waals surface area contributed by atoms with E-state index in [9.17, 15) is 14.4 Å². The number of halogens is 1. The first-order valence-corrected chi connectivity index (χ1v) is 9.72. The van der Waals surface area contributed by atoms with Crippen LogP contribution in [0.15, 0.2) is 37.8 Å². The standard InChI is InChI=1S/C17H17BrN4O6S/c1-3-27-11-4-9(10(18)5-12(11)28-8-14(19)23)7-20-22-17-21-16(25)13(29-17)6-15(24)26-2/h4-7H,3,8H2,1-2H3,(H2,19,23)(H,21,22,25)/b13-6+,20-7?. The summed E-state index contributed by atoms with van der Waals surface area (Å²) >= 11 is 4.34. The number of amides is 2. The van der Waals surface area contributed by atoms with Gasteiger partial charge in [0.15, 0.2) is 23.3 Å². The molecule has 0 aromatic heterocycles. The van der Waals surface area contributed by atoms with E-state index in [1.54, 1.807) is 19.1 Å². The van der Waals surface area contributed by atoms with E-state index in [0.717, 1.165) is 17.8 Å². The highest BCUT2D eigenvalue weighted by atomic mass is 79.9. The van der Waals surface area contributed by atoms with E-state index in [0.29, 0.717) is 28.1 Å². The van der Waals surface area contributed by atoms with Crippen LogP contribution in [0, 0.1) is 0 Å². The van der Waals surface area contributed by atoms with Crippen molar-refractivity contribution in [2.24, 2.45) is 15.9 Å². The molecule has 29 heavy (non-hydrogen) atoms. The van der Waals surface area contributed by atoms with Gasteiger partial charge >= 0.3 is 5.97 Å². The number of methoxy groups -OCH3 is 1. The number of thioether (sulfide) groups is 1. The zero-order chi connectivity index (χ0) is 21.4. The molecule has 2 amide bonds. The molecule has 0 aliphatic carbocycles. The van der Waals surface area contributed by atoms with Crippen molar-refractivity contribution in [3.8, 4) is 11.5 Å². The predicted octanol–water partition coefficient (Wildman–Crippen LogP) is 1.32. The number of nitrogens with zero attached hydrogens (tertiary/aromatic N) is 2. The lowest BCUT2D eigenvalue weighted by molar-refractivity contribution is -0.135. The molecule has 0 saturated carbocycles. The number of nitrogens with one attached hydrogen (secondary N) is 1. The van der Waals surface area contributed by atoms with E-state index in [2.05, 4.69) is 36.2 Å². The van der Waals surface area contributed by atoms with Crippen LogP contribution in [0.1, 0.15) is 12.5 Å². The highest BCUT2D eigenvalue weighted by Crippen LogP contribution is 2.33. The summed E-state index contributed by atoms with van der Waals surface area (Å²) < 4.78 is 16.0. The number of benzene rings is 1. The number of esters is 1. The number of hydrogen-bond acceptors (Lipinski definition) is 9. The van der Waals surface area contributed by atoms with Gasteiger partial charge in [0.25, 0.3) is 11.8 Å². The van der Waals surface area contributed by atoms with Crippen LogP contribution >= 0.6 is 27.7 Å². The fraction of sp³-hybridized carbons (Fsp3) is 0.235. The summed E-state index contributed by atoms with van der Waals surface area (Å²) in [5, 5.41) is 10.6. The molecule has 1 aromatic rings. The van der Waals surface area contributed by atoms with Gasteiger partial charge in [-0.3, -0.25) is 14.9 Å². The van der Waals surface area contributed by atoms with Gasteiger partial charge in [0.2, 0.25) is 0 Å². The average Bonchev–Trinajstić information content (AvgIpc) is 3.01. The van der Waals surface area contributed by atoms with Crippen LogP contribution in [-0.4, -0.2) is 49.5 Å². The van der Waals surface area contributed by atoms with Crippen LogP contribution < -0.4 is 20.5 Å². The summed E-state index contributed by atoms with van der Waals surface area (Å²) in [5.41, 5.74) is 5.71. The summed E-state index contributed by atoms with van der Waals surface area (Å²) in [6, 6.07) is 3.27. The van der Waals surface area contributed by atoms with Crippen molar-refractivity contribution in [2.75, 3.05) is 20.3 Å². The number of amidine groups is 1. The van der Waals surface area contributed by atoms with Crippen molar-refractivity contribution < 1.29 is 28.6 Å². The van der Waals surface area contributed by atoms with Crippen LogP contribution in [0.2, 0.25) is 0 Å². The Kier molecular flexibility index (Phi) is 8.21. The molecule has 3 N–H and O–H groups in total. The molecular weight excluding hydrogens is 468 g/mol. The predicted molar refractivity (Wildman–Crippen MR) is 111 cm³/mol. The third-order valence-electron chi connectivity index (χ3n) is 3.18. The summed E-state index contributed by atoms with van der Waals surface area (Å²) in [5.74, 6) is -0.972. The molecule has 2 rings (SSSR count). The van der Waals surface area contributed by atoms with Gasteiger partial charge in [0, 0.05) is 16.1 Å². The lowest BCUT2D eigenvalue weighted by atomic mass is 10.2. The Labute approximate surface area is 178 Å². The molecule has 12 heteroatoms. The molecule has 1 aliphatic rings. The molecule has 0 spiro atoms. The van der Waals surface area contributed by atoms with Gasteiger partial charge in [-0.25, -0.2) is 4.79 Å². The van der Waals surface area contributed by atoms with E-state index in [-0.39, 0.29) is 16.7 Å². The van der Waals surface area contributed by atoms with E-state index in [1.165, 1.54) is 13.3 Å². The van der Waals surface area contributed by atoms with E-state index in [4.69, 9.17) is 15.2 Å². The summed E-state index contributed by atoms with van der Waals surface area (Å²) in [6.45, 7) is 1.90. The molecule has 1 heterocycles. The van der Waals surface area contributed by atoms with Gasteiger partial charge < -0.3 is 19.9 Å². The molecule has 154 valence electrons. The highest BCUT2D eigenvalue weighted by Gasteiger charge is 2.25. The molecule has 1 aliphatic heterocycles. The van der Waals surface area contributed by atoms with Crippen molar-refractivity contribution in [3.05, 3.63) is 33.2 Å². The summed E-state index contributed by atoms with van der Waals surface area (Å²) in [6.07, 6.45) is 2.51. The van der Waals surface area contributed by atoms with Crippen LogP contribution in [0.25, 0.3) is 0 Å². The molecular formula is C17H17BrN4O6S. The third kappa shape index (κ3) is 6.61. The quantitative estimate of drug-likeness (QED) is 0.245. The first-order chi connectivity index (χ1) is 13.8. The van der Waals surface area contributed by atoms with Gasteiger partial charge in [0.05, 0.1) is 24.8 Å². The Morgan fingerprint density at radius 1 is 1.31 bits per heavy atom. The normalized spacial score (nSPS) is 16.3. The second-order valence-electron chi connectivity index (χ2n) is 5.25. The average molecular weight is 485 g/mol. The number of primary amides is 1. The monoisotopic (exact) mass is 484 g/mol. The molecule has 1 aromatic carbocycles. The maximum absolute atomic E-state index is 11.8. The second kappa shape index (κ2) is 10.6. The Morgan fingerprint density at radius 2 is 2.03 bits per heavy atom. The van der Waals surface area contributed by atoms with Crippen molar-refractivity contribution in [3.63, 3.8) is 0 Å². The zero-order valence-electron chi connectivity index (χ0n) is 15.4. The Morgan fingerprint density at radius 3 is 2.69 bits per heavy atom. The molecule has 0 bridgehead atoms. The molecule has 10 nitrogen and oxygen atoms in total. The maximum atomic E-state index is 11.8. The first-order valence-electron chi connectivity index (χ1n) is 8.11. The number of hydrogen-bond donors (Lipinski definition) is 2. The number of carbonyl (C=O) groups excluding carboxylic acids is 3. The second-order valence-corrected chi connectivity index (χ2v) is 7.13. The van der Waals surface area contributed by atoms with Gasteiger partial charge in [-0.2, -0.15) is 5.10 Å². The Balaban J connectivity index is 2.17. The lowest BCUT2D eigenvalue weighted by Crippen LogP contribution is -2.20. The van der Waals surface area contributed by atoms with Gasteiger partial charge in [0.1, 0.15) is 0 Å². The SMILES string of the molecule is CCOc1cc(C=N/N=C2/NC(=O)/C(=C\C(=O)OC)S2)c(Br)cc1OCC(N)=O. The van der Waals surface area contributed by atoms with Gasteiger partial charge in [-0.15, -0.1) is 5.10 Å². The Hall–Kier alpha value is -2.86. The van der Waals surface area contributed by atoms with Crippen LogP contribution in [0.4, 0.5) is 0 Å². The van der Waals surface area contributed by atoms with Crippen molar-refractivity contribution >= 4 is 56.9 Å². The van der Waals surface area contributed by atoms with E-state index < -0.39 is 17.8 Å². The van der Waals surface area contributed by atoms with Crippen molar-refractivity contribution in [1.82, 2.24) is 5.32 Å². The molecule has 0 unspecified atom stereocenters. The van der Waals surface area contributed by atoms with Crippen molar-refractivity contribution in [2.45, 2.75) is 6.92 Å². The molecule has 0 atom stereocenters. The van der Waals surface area contributed by atoms with Gasteiger partial charge in [-0.1, -0.05) is 0 Å². The molecule has 1 fully saturated rings. The topological polar surface area (TPSA) is 142 Å². The molecule has 1 saturated heterocycles. The third-order valence-corrected chi connectivity index (χ3v) is 4.77. The van der Waals surface area contributed by atoms with Crippen LogP contribution in [-0.2, 0) is 19.1 Å². The zero-order valence-corrected chi connectivity index (χ0v) is 17.8. The number of nitrogens with two attached hydrogens (primary N) is 1. The fourth-order valence-corrected chi connectivity index (χ4v) is 3.13. The maximum Gasteiger partial charge on any atom is 0.331 e. The number of ether oxygens (including phenoxy) is 3. The minimum Gasteiger partial charge on any atom is -0.490 e. The van der Waals surface area contributed by atoms with E-state index >= 15 is 0 Å². The van der Waals surface area contributed by atoms with Crippen LogP contribution in [0.5, 0.6) is 11.5 Å². The minimum atomic E-state index is -0.640. The summed E-state index contributed by atoms with van der Waals surface area (Å²) in [4.78, 5) is 34.1. The largest absolute Gasteiger partial charge is 0.490 e. The summed E-state index contributed by atoms with van der Waals surface area (Å²) in [7, 11) is 1.22. The smallest absolute Gasteiger partial charge is 0.331 e. The lowest BCUT2D eigenvalue weighted by Gasteiger charge is -2.12.